The van der Waals surface area contributed by atoms with Crippen LogP contribution < -0.4 is 9.47 Å². The standard InChI is InChI=1S/C8H5BrF4O.C7H3BrF4O/c1-4-5(9)2-3-6(7(4)10)14-8(11,12)13;8-4-1-2-6(5(9)3-4)13-7(10,11)12/h2-3H,1H3;1-3H/i1D3;. The molecule has 2 aromatic carbocycles. The Labute approximate surface area is 168 Å². The molecule has 0 bridgehead atoms. The van der Waals surface area contributed by atoms with E-state index in [4.69, 9.17) is 4.11 Å². The molecule has 0 fully saturated rings. The summed E-state index contributed by atoms with van der Waals surface area (Å²) in [6.45, 7) is -2.88. The molecule has 0 amide bonds. The zero-order valence-corrected chi connectivity index (χ0v) is 15.7. The topological polar surface area (TPSA) is 18.5 Å². The molecule has 150 valence electrons. The minimum atomic E-state index is -5.08. The number of hydrogen-bond acceptors (Lipinski definition) is 2. The Hall–Kier alpha value is -1.56. The van der Waals surface area contributed by atoms with Gasteiger partial charge in [-0.3, -0.25) is 0 Å². The van der Waals surface area contributed by atoms with Gasteiger partial charge in [0.05, 0.1) is 0 Å². The van der Waals surface area contributed by atoms with Gasteiger partial charge in [0.25, 0.3) is 0 Å². The lowest BCUT2D eigenvalue weighted by atomic mass is 10.2. The molecule has 0 aliphatic rings. The van der Waals surface area contributed by atoms with E-state index in [9.17, 15) is 35.1 Å². The zero-order chi connectivity index (χ0) is 23.5. The highest BCUT2D eigenvalue weighted by Crippen LogP contribution is 2.30. The van der Waals surface area contributed by atoms with Crippen LogP contribution in [0.15, 0.2) is 39.3 Å². The fraction of sp³-hybridized carbons (Fsp3) is 0.200. The molecule has 0 radical (unpaired) electrons. The smallest absolute Gasteiger partial charge is 0.403 e. The molecule has 2 rings (SSSR count). The van der Waals surface area contributed by atoms with Crippen LogP contribution in [-0.4, -0.2) is 12.7 Å². The summed E-state index contributed by atoms with van der Waals surface area (Å²) < 4.78 is 125. The Morgan fingerprint density at radius 1 is 0.852 bits per heavy atom. The van der Waals surface area contributed by atoms with Crippen molar-refractivity contribution in [2.45, 2.75) is 19.6 Å². The predicted octanol–water partition coefficient (Wildman–Crippen LogP) is 7.28. The molecule has 0 aromatic heterocycles. The van der Waals surface area contributed by atoms with Gasteiger partial charge < -0.3 is 9.47 Å². The second-order valence-electron chi connectivity index (χ2n) is 4.40. The normalized spacial score (nSPS) is 13.6. The van der Waals surface area contributed by atoms with Crippen molar-refractivity contribution in [3.8, 4) is 11.5 Å². The van der Waals surface area contributed by atoms with Crippen LogP contribution in [0.4, 0.5) is 35.1 Å². The van der Waals surface area contributed by atoms with Crippen molar-refractivity contribution in [1.29, 1.82) is 0 Å². The van der Waals surface area contributed by atoms with E-state index in [0.29, 0.717) is 10.5 Å². The first-order valence-corrected chi connectivity index (χ1v) is 7.94. The van der Waals surface area contributed by atoms with Gasteiger partial charge in [-0.25, -0.2) is 8.78 Å². The van der Waals surface area contributed by atoms with Gasteiger partial charge in [0.15, 0.2) is 23.1 Å². The largest absolute Gasteiger partial charge is 0.573 e. The van der Waals surface area contributed by atoms with Gasteiger partial charge in [-0.05, 0) is 37.2 Å². The molecule has 0 saturated heterocycles. The van der Waals surface area contributed by atoms with Gasteiger partial charge in [0.2, 0.25) is 0 Å². The van der Waals surface area contributed by atoms with Crippen LogP contribution in [-0.2, 0) is 0 Å². The summed E-state index contributed by atoms with van der Waals surface area (Å²) in [6.07, 6.45) is -9.95. The van der Waals surface area contributed by atoms with Gasteiger partial charge in [-0.1, -0.05) is 31.9 Å². The third kappa shape index (κ3) is 8.33. The quantitative estimate of drug-likeness (QED) is 0.377. The van der Waals surface area contributed by atoms with Gasteiger partial charge in [-0.15, -0.1) is 26.3 Å². The molecule has 0 saturated carbocycles. The van der Waals surface area contributed by atoms with E-state index in [0.717, 1.165) is 18.2 Å². The maximum absolute atomic E-state index is 13.5. The summed E-state index contributed by atoms with van der Waals surface area (Å²) in [5, 5.41) is 0. The highest BCUT2D eigenvalue weighted by Gasteiger charge is 2.33. The summed E-state index contributed by atoms with van der Waals surface area (Å²) >= 11 is 5.66. The average molecular weight is 535 g/mol. The summed E-state index contributed by atoms with van der Waals surface area (Å²) in [5.41, 5.74) is -0.848. The van der Waals surface area contributed by atoms with E-state index >= 15 is 0 Å². The van der Waals surface area contributed by atoms with Gasteiger partial charge in [0.1, 0.15) is 0 Å². The molecule has 0 spiro atoms. The third-order valence-corrected chi connectivity index (χ3v) is 3.56. The number of ether oxygens (including phenoxy) is 2. The monoisotopic (exact) mass is 533 g/mol. The summed E-state index contributed by atoms with van der Waals surface area (Å²) in [5.74, 6) is -4.63. The Bertz CT molecular complexity index is 886. The van der Waals surface area contributed by atoms with Gasteiger partial charge in [-0.2, -0.15) is 0 Å². The highest BCUT2D eigenvalue weighted by molar-refractivity contribution is 9.10. The predicted molar refractivity (Wildman–Crippen MR) is 86.3 cm³/mol. The first kappa shape index (κ1) is 18.8. The van der Waals surface area contributed by atoms with Crippen LogP contribution in [0, 0.1) is 18.5 Å². The summed E-state index contributed by atoms with van der Waals surface area (Å²) in [6, 6.07) is 4.71. The average Bonchev–Trinajstić information content (AvgIpc) is 2.50. The Balaban J connectivity index is 0.000000311. The van der Waals surface area contributed by atoms with Crippen molar-refractivity contribution < 1.29 is 48.7 Å². The maximum Gasteiger partial charge on any atom is 0.573 e. The van der Waals surface area contributed by atoms with E-state index in [2.05, 4.69) is 41.3 Å². The molecule has 12 heteroatoms. The van der Waals surface area contributed by atoms with Crippen molar-refractivity contribution >= 4 is 31.9 Å². The second-order valence-corrected chi connectivity index (χ2v) is 6.17. The van der Waals surface area contributed by atoms with E-state index < -0.39 is 48.3 Å². The summed E-state index contributed by atoms with van der Waals surface area (Å²) in [7, 11) is 0. The van der Waals surface area contributed by atoms with Crippen LogP contribution in [0.25, 0.3) is 0 Å². The highest BCUT2D eigenvalue weighted by atomic mass is 79.9. The fourth-order valence-electron chi connectivity index (χ4n) is 1.42. The van der Waals surface area contributed by atoms with Gasteiger partial charge >= 0.3 is 12.7 Å². The second kappa shape index (κ2) is 9.09. The molecule has 0 aliphatic heterocycles. The molecule has 2 nitrogen and oxygen atoms in total. The fourth-order valence-corrected chi connectivity index (χ4v) is 2.06. The first-order chi connectivity index (χ1) is 13.4. The van der Waals surface area contributed by atoms with Gasteiger partial charge in [0, 0.05) is 18.6 Å². The van der Waals surface area contributed by atoms with Crippen molar-refractivity contribution in [2.75, 3.05) is 0 Å². The van der Waals surface area contributed by atoms with Crippen LogP contribution >= 0.6 is 31.9 Å². The molecule has 2 aromatic rings. The molecule has 0 atom stereocenters. The molecular formula is C15H8Br2F8O2. The number of hydrogen-bond donors (Lipinski definition) is 0. The lowest BCUT2D eigenvalue weighted by Crippen LogP contribution is -2.18. The molecule has 0 aliphatic carbocycles. The van der Waals surface area contributed by atoms with E-state index in [-0.39, 0.29) is 4.47 Å². The first-order valence-electron chi connectivity index (χ1n) is 7.86. The number of halogens is 10. The van der Waals surface area contributed by atoms with Crippen LogP contribution in [0.3, 0.4) is 0 Å². The van der Waals surface area contributed by atoms with Crippen LogP contribution in [0.5, 0.6) is 11.5 Å². The third-order valence-electron chi connectivity index (χ3n) is 2.40. The number of rotatable bonds is 2. The molecule has 0 heterocycles. The molecule has 0 unspecified atom stereocenters. The SMILES string of the molecule is Fc1cc(Br)ccc1OC(F)(F)F.[2H]C([2H])([2H])c1c(Br)ccc(OC(F)(F)F)c1F. The number of alkyl halides is 6. The van der Waals surface area contributed by atoms with Crippen molar-refractivity contribution in [3.63, 3.8) is 0 Å². The number of benzene rings is 2. The molecule has 0 N–H and O–H groups in total. The molecular weight excluding hydrogens is 524 g/mol. The van der Waals surface area contributed by atoms with Crippen LogP contribution in [0.2, 0.25) is 0 Å². The Morgan fingerprint density at radius 2 is 1.37 bits per heavy atom. The van der Waals surface area contributed by atoms with Crippen LogP contribution in [0.1, 0.15) is 9.68 Å². The Kier molecular flexibility index (Phi) is 6.32. The van der Waals surface area contributed by atoms with E-state index in [1.165, 1.54) is 6.07 Å². The maximum atomic E-state index is 13.5. The minimum absolute atomic E-state index is 0.149. The zero-order valence-electron chi connectivity index (χ0n) is 15.5. The minimum Gasteiger partial charge on any atom is -0.403 e. The lowest BCUT2D eigenvalue weighted by molar-refractivity contribution is -0.276. The van der Waals surface area contributed by atoms with Crippen molar-refractivity contribution in [2.24, 2.45) is 0 Å². The Morgan fingerprint density at radius 3 is 1.85 bits per heavy atom. The summed E-state index contributed by atoms with van der Waals surface area (Å²) in [4.78, 5) is 0. The van der Waals surface area contributed by atoms with Crippen molar-refractivity contribution in [1.82, 2.24) is 0 Å². The van der Waals surface area contributed by atoms with E-state index in [1.54, 1.807) is 0 Å². The molecule has 27 heavy (non-hydrogen) atoms. The lowest BCUT2D eigenvalue weighted by Gasteiger charge is -2.11. The van der Waals surface area contributed by atoms with E-state index in [1.807, 2.05) is 0 Å². The van der Waals surface area contributed by atoms with Crippen molar-refractivity contribution in [3.05, 3.63) is 56.5 Å².